The highest BCUT2D eigenvalue weighted by molar-refractivity contribution is 5.96. The zero-order valence-corrected chi connectivity index (χ0v) is 14.0. The molecule has 0 bridgehead atoms. The third-order valence-electron chi connectivity index (χ3n) is 3.68. The summed E-state index contributed by atoms with van der Waals surface area (Å²) >= 11 is 0. The molecule has 2 N–H and O–H groups in total. The number of anilines is 1. The van der Waals surface area contributed by atoms with Crippen LogP contribution < -0.4 is 10.6 Å². The number of nitrogens with one attached hydrogen (secondary N) is 2. The van der Waals surface area contributed by atoms with E-state index >= 15 is 0 Å². The van der Waals surface area contributed by atoms with Gasteiger partial charge in [0.25, 0.3) is 11.6 Å². The number of carbonyl (C=O) groups excluding carboxylic acids is 2. The maximum Gasteiger partial charge on any atom is 0.274 e. The van der Waals surface area contributed by atoms with Crippen molar-refractivity contribution in [3.05, 3.63) is 69.8 Å². The summed E-state index contributed by atoms with van der Waals surface area (Å²) in [7, 11) is 0. The van der Waals surface area contributed by atoms with Gasteiger partial charge in [-0.1, -0.05) is 24.3 Å². The van der Waals surface area contributed by atoms with Crippen LogP contribution in [0.15, 0.2) is 48.5 Å². The van der Waals surface area contributed by atoms with E-state index in [9.17, 15) is 19.7 Å². The van der Waals surface area contributed by atoms with Gasteiger partial charge in [-0.05, 0) is 32.0 Å². The fraction of sp³-hybridized carbons (Fsp3) is 0.222. The first-order chi connectivity index (χ1) is 11.9. The number of nitro groups is 1. The number of carbonyl (C=O) groups is 2. The van der Waals surface area contributed by atoms with Crippen LogP contribution in [0.1, 0.15) is 29.3 Å². The predicted octanol–water partition coefficient (Wildman–Crippen LogP) is 3.05. The highest BCUT2D eigenvalue weighted by Gasteiger charge is 2.17. The van der Waals surface area contributed by atoms with Crippen LogP contribution in [-0.4, -0.2) is 22.8 Å². The van der Waals surface area contributed by atoms with E-state index in [1.165, 1.54) is 12.1 Å². The van der Waals surface area contributed by atoms with Gasteiger partial charge in [0.15, 0.2) is 0 Å². The van der Waals surface area contributed by atoms with Gasteiger partial charge in [0.1, 0.15) is 0 Å². The van der Waals surface area contributed by atoms with Crippen molar-refractivity contribution in [2.75, 3.05) is 5.32 Å². The normalized spacial score (nSPS) is 11.4. The fourth-order valence-electron chi connectivity index (χ4n) is 2.38. The highest BCUT2D eigenvalue weighted by Crippen LogP contribution is 2.25. The monoisotopic (exact) mass is 341 g/mol. The minimum atomic E-state index is -0.492. The minimum absolute atomic E-state index is 0.0526. The molecular weight excluding hydrogens is 322 g/mol. The third kappa shape index (κ3) is 4.87. The number of hydrogen-bond donors (Lipinski definition) is 2. The molecule has 1 atom stereocenters. The van der Waals surface area contributed by atoms with E-state index in [2.05, 4.69) is 10.6 Å². The Kier molecular flexibility index (Phi) is 5.84. The Balaban J connectivity index is 1.95. The molecule has 0 saturated heterocycles. The first-order valence-electron chi connectivity index (χ1n) is 7.78. The van der Waals surface area contributed by atoms with E-state index in [0.29, 0.717) is 16.8 Å². The Labute approximate surface area is 145 Å². The van der Waals surface area contributed by atoms with E-state index in [1.807, 2.05) is 6.07 Å². The molecule has 0 aliphatic rings. The Morgan fingerprint density at radius 1 is 1.12 bits per heavy atom. The van der Waals surface area contributed by atoms with Crippen molar-refractivity contribution in [3.63, 3.8) is 0 Å². The number of nitro benzene ring substituents is 1. The summed E-state index contributed by atoms with van der Waals surface area (Å²) in [6, 6.07) is 12.8. The van der Waals surface area contributed by atoms with Crippen LogP contribution in [0, 0.1) is 17.0 Å². The first-order valence-corrected chi connectivity index (χ1v) is 7.78. The van der Waals surface area contributed by atoms with Gasteiger partial charge in [-0.25, -0.2) is 0 Å². The van der Waals surface area contributed by atoms with E-state index in [1.54, 1.807) is 44.2 Å². The van der Waals surface area contributed by atoms with Gasteiger partial charge in [0.2, 0.25) is 5.91 Å². The molecule has 2 amide bonds. The van der Waals surface area contributed by atoms with Crippen molar-refractivity contribution in [2.45, 2.75) is 26.3 Å². The SMILES string of the molecule is Cc1c(NC(=O)CC(C)NC(=O)c2ccccc2)cccc1[N+](=O)[O-]. The van der Waals surface area contributed by atoms with Crippen LogP contribution in [0.5, 0.6) is 0 Å². The summed E-state index contributed by atoms with van der Waals surface area (Å²) in [5, 5.41) is 16.3. The smallest absolute Gasteiger partial charge is 0.274 e. The second-order valence-electron chi connectivity index (χ2n) is 5.70. The zero-order chi connectivity index (χ0) is 18.4. The van der Waals surface area contributed by atoms with Crippen molar-refractivity contribution in [3.8, 4) is 0 Å². The van der Waals surface area contributed by atoms with Crippen LogP contribution in [0.25, 0.3) is 0 Å². The standard InChI is InChI=1S/C18H19N3O4/c1-12(19-18(23)14-7-4-3-5-8-14)11-17(22)20-15-9-6-10-16(13(15)2)21(24)25/h3-10,12H,11H2,1-2H3,(H,19,23)(H,20,22). The maximum absolute atomic E-state index is 12.1. The molecule has 25 heavy (non-hydrogen) atoms. The summed E-state index contributed by atoms with van der Waals surface area (Å²) in [6.07, 6.45) is 0.0563. The molecular formula is C18H19N3O4. The number of amides is 2. The second-order valence-corrected chi connectivity index (χ2v) is 5.70. The van der Waals surface area contributed by atoms with E-state index < -0.39 is 4.92 Å². The van der Waals surface area contributed by atoms with Gasteiger partial charge in [-0.3, -0.25) is 19.7 Å². The Bertz CT molecular complexity index is 790. The summed E-state index contributed by atoms with van der Waals surface area (Å²) in [5.74, 6) is -0.586. The van der Waals surface area contributed by atoms with Gasteiger partial charge in [0.05, 0.1) is 16.2 Å². The van der Waals surface area contributed by atoms with Gasteiger partial charge < -0.3 is 10.6 Å². The number of rotatable bonds is 6. The van der Waals surface area contributed by atoms with Crippen molar-refractivity contribution in [2.24, 2.45) is 0 Å². The summed E-state index contributed by atoms with van der Waals surface area (Å²) < 4.78 is 0. The number of hydrogen-bond acceptors (Lipinski definition) is 4. The topological polar surface area (TPSA) is 101 Å². The lowest BCUT2D eigenvalue weighted by atomic mass is 10.1. The van der Waals surface area contributed by atoms with E-state index in [0.717, 1.165) is 0 Å². The van der Waals surface area contributed by atoms with Gasteiger partial charge in [-0.15, -0.1) is 0 Å². The lowest BCUT2D eigenvalue weighted by molar-refractivity contribution is -0.385. The van der Waals surface area contributed by atoms with E-state index in [4.69, 9.17) is 0 Å². The number of nitrogens with zero attached hydrogens (tertiary/aromatic N) is 1. The molecule has 2 rings (SSSR count). The van der Waals surface area contributed by atoms with Crippen molar-refractivity contribution >= 4 is 23.2 Å². The van der Waals surface area contributed by atoms with Crippen LogP contribution in [0.3, 0.4) is 0 Å². The predicted molar refractivity (Wildman–Crippen MR) is 94.5 cm³/mol. The largest absolute Gasteiger partial charge is 0.349 e. The minimum Gasteiger partial charge on any atom is -0.349 e. The van der Waals surface area contributed by atoms with Gasteiger partial charge >= 0.3 is 0 Å². The van der Waals surface area contributed by atoms with Crippen molar-refractivity contribution in [1.29, 1.82) is 0 Å². The van der Waals surface area contributed by atoms with Crippen LogP contribution in [0.2, 0.25) is 0 Å². The van der Waals surface area contributed by atoms with Gasteiger partial charge in [0, 0.05) is 24.1 Å². The van der Waals surface area contributed by atoms with Crippen LogP contribution in [0.4, 0.5) is 11.4 Å². The van der Waals surface area contributed by atoms with Crippen LogP contribution >= 0.6 is 0 Å². The molecule has 0 radical (unpaired) electrons. The molecule has 0 heterocycles. The zero-order valence-electron chi connectivity index (χ0n) is 14.0. The van der Waals surface area contributed by atoms with Crippen LogP contribution in [-0.2, 0) is 4.79 Å². The van der Waals surface area contributed by atoms with Crippen molar-refractivity contribution in [1.82, 2.24) is 5.32 Å². The Morgan fingerprint density at radius 2 is 1.80 bits per heavy atom. The molecule has 0 aliphatic carbocycles. The lowest BCUT2D eigenvalue weighted by Gasteiger charge is -2.14. The Morgan fingerprint density at radius 3 is 2.44 bits per heavy atom. The molecule has 0 aromatic heterocycles. The molecule has 0 aliphatic heterocycles. The fourth-order valence-corrected chi connectivity index (χ4v) is 2.38. The summed E-state index contributed by atoms with van der Waals surface area (Å²) in [4.78, 5) is 34.6. The average molecular weight is 341 g/mol. The molecule has 7 heteroatoms. The lowest BCUT2D eigenvalue weighted by Crippen LogP contribution is -2.35. The van der Waals surface area contributed by atoms with Crippen molar-refractivity contribution < 1.29 is 14.5 Å². The molecule has 130 valence electrons. The maximum atomic E-state index is 12.1. The quantitative estimate of drug-likeness (QED) is 0.623. The molecule has 7 nitrogen and oxygen atoms in total. The summed E-state index contributed by atoms with van der Waals surface area (Å²) in [5.41, 5.74) is 1.25. The Hall–Kier alpha value is -3.22. The molecule has 2 aromatic carbocycles. The average Bonchev–Trinajstić information content (AvgIpc) is 2.57. The summed E-state index contributed by atoms with van der Waals surface area (Å²) in [6.45, 7) is 3.30. The molecule has 0 fully saturated rings. The third-order valence-corrected chi connectivity index (χ3v) is 3.68. The molecule has 0 spiro atoms. The van der Waals surface area contributed by atoms with E-state index in [-0.39, 0.29) is 30.0 Å². The molecule has 1 unspecified atom stereocenters. The highest BCUT2D eigenvalue weighted by atomic mass is 16.6. The molecule has 2 aromatic rings. The second kappa shape index (κ2) is 8.05. The molecule has 0 saturated carbocycles. The van der Waals surface area contributed by atoms with Gasteiger partial charge in [-0.2, -0.15) is 0 Å². The first kappa shape index (κ1) is 18.1. The number of benzene rings is 2.